The van der Waals surface area contributed by atoms with Crippen molar-refractivity contribution in [3.05, 3.63) is 84.2 Å². The van der Waals surface area contributed by atoms with E-state index in [1.54, 1.807) is 22.2 Å². The summed E-state index contributed by atoms with van der Waals surface area (Å²) in [5.74, 6) is 0.169. The lowest BCUT2D eigenvalue weighted by atomic mass is 10.0. The third-order valence-corrected chi connectivity index (χ3v) is 6.56. The average Bonchev–Trinajstić information content (AvgIpc) is 2.79. The predicted octanol–water partition coefficient (Wildman–Crippen LogP) is 3.01. The standard InChI is InChI=1S/C22H21N3O4S/c26-22(24-27)14-19-13-17-3-1-2-4-21(17)30(28)25(19)18-5-7-20(8-6-18)29-15-16-9-11-23-12-10-16/h1-12,19,27H,13-15H2,(H,24,26). The Morgan fingerprint density at radius 3 is 2.60 bits per heavy atom. The van der Waals surface area contributed by atoms with Gasteiger partial charge in [0.2, 0.25) is 5.91 Å². The van der Waals surface area contributed by atoms with E-state index in [0.29, 0.717) is 18.8 Å². The summed E-state index contributed by atoms with van der Waals surface area (Å²) in [5.41, 5.74) is 4.35. The summed E-state index contributed by atoms with van der Waals surface area (Å²) >= 11 is 0. The van der Waals surface area contributed by atoms with Crippen LogP contribution in [-0.2, 0) is 28.8 Å². The molecular weight excluding hydrogens is 402 g/mol. The van der Waals surface area contributed by atoms with Crippen LogP contribution in [0.5, 0.6) is 5.75 Å². The highest BCUT2D eigenvalue weighted by atomic mass is 32.2. The molecule has 0 spiro atoms. The fraction of sp³-hybridized carbons (Fsp3) is 0.182. The number of nitrogens with zero attached hydrogens (tertiary/aromatic N) is 2. The zero-order valence-corrected chi connectivity index (χ0v) is 16.9. The lowest BCUT2D eigenvalue weighted by Gasteiger charge is -2.36. The molecule has 0 fully saturated rings. The van der Waals surface area contributed by atoms with Gasteiger partial charge in [0.05, 0.1) is 23.0 Å². The van der Waals surface area contributed by atoms with Gasteiger partial charge in [0, 0.05) is 12.4 Å². The van der Waals surface area contributed by atoms with Crippen LogP contribution >= 0.6 is 0 Å². The SMILES string of the molecule is O=C(CC1Cc2ccccc2S(=O)N1c1ccc(OCc2ccncc2)cc1)NO. The largest absolute Gasteiger partial charge is 0.489 e. The summed E-state index contributed by atoms with van der Waals surface area (Å²) in [6, 6.07) is 18.2. The minimum atomic E-state index is -1.47. The summed E-state index contributed by atoms with van der Waals surface area (Å²) in [5, 5.41) is 8.96. The Morgan fingerprint density at radius 2 is 1.87 bits per heavy atom. The van der Waals surface area contributed by atoms with Gasteiger partial charge in [0.25, 0.3) is 0 Å². The van der Waals surface area contributed by atoms with E-state index < -0.39 is 16.9 Å². The van der Waals surface area contributed by atoms with Gasteiger partial charge in [-0.05, 0) is 60.0 Å². The second-order valence-electron chi connectivity index (χ2n) is 6.92. The first-order valence-electron chi connectivity index (χ1n) is 9.49. The Hall–Kier alpha value is -3.23. The van der Waals surface area contributed by atoms with Gasteiger partial charge in [0.1, 0.15) is 12.4 Å². The van der Waals surface area contributed by atoms with Crippen LogP contribution in [-0.4, -0.2) is 26.3 Å². The molecule has 30 heavy (non-hydrogen) atoms. The third kappa shape index (κ3) is 4.34. The Kier molecular flexibility index (Phi) is 6.06. The van der Waals surface area contributed by atoms with Gasteiger partial charge < -0.3 is 4.74 Å². The van der Waals surface area contributed by atoms with Crippen molar-refractivity contribution in [2.45, 2.75) is 30.4 Å². The number of pyridine rings is 1. The number of rotatable bonds is 6. The highest BCUT2D eigenvalue weighted by Crippen LogP contribution is 2.33. The fourth-order valence-corrected chi connectivity index (χ4v) is 4.99. The van der Waals surface area contributed by atoms with Crippen molar-refractivity contribution in [3.8, 4) is 5.75 Å². The van der Waals surface area contributed by atoms with Gasteiger partial charge in [-0.3, -0.25) is 19.3 Å². The smallest absolute Gasteiger partial charge is 0.245 e. The number of benzene rings is 2. The molecule has 8 heteroatoms. The summed E-state index contributed by atoms with van der Waals surface area (Å²) < 4.78 is 20.8. The maximum absolute atomic E-state index is 13.3. The molecule has 2 unspecified atom stereocenters. The molecule has 154 valence electrons. The molecular formula is C22H21N3O4S. The van der Waals surface area contributed by atoms with Crippen molar-refractivity contribution in [1.29, 1.82) is 0 Å². The van der Waals surface area contributed by atoms with Crippen molar-refractivity contribution in [2.24, 2.45) is 0 Å². The Labute approximate surface area is 176 Å². The fourth-order valence-electron chi connectivity index (χ4n) is 3.48. The molecule has 2 heterocycles. The number of nitrogens with one attached hydrogen (secondary N) is 1. The van der Waals surface area contributed by atoms with E-state index in [4.69, 9.17) is 9.94 Å². The first-order chi connectivity index (χ1) is 14.7. The maximum atomic E-state index is 13.3. The van der Waals surface area contributed by atoms with Crippen molar-refractivity contribution >= 4 is 22.6 Å². The van der Waals surface area contributed by atoms with E-state index in [-0.39, 0.29) is 12.5 Å². The number of hydrogen-bond donors (Lipinski definition) is 2. The van der Waals surface area contributed by atoms with Crippen molar-refractivity contribution < 1.29 is 18.9 Å². The molecule has 2 N–H and O–H groups in total. The molecule has 1 aliphatic rings. The summed E-state index contributed by atoms with van der Waals surface area (Å²) in [7, 11) is -1.47. The minimum absolute atomic E-state index is 0.0247. The van der Waals surface area contributed by atoms with E-state index in [1.165, 1.54) is 0 Å². The molecule has 1 amide bonds. The minimum Gasteiger partial charge on any atom is -0.489 e. The monoisotopic (exact) mass is 423 g/mol. The maximum Gasteiger partial charge on any atom is 0.245 e. The van der Waals surface area contributed by atoms with Gasteiger partial charge in [0.15, 0.2) is 11.0 Å². The molecule has 0 bridgehead atoms. The first kappa shape index (κ1) is 20.1. The Morgan fingerprint density at radius 1 is 1.13 bits per heavy atom. The highest BCUT2D eigenvalue weighted by molar-refractivity contribution is 7.86. The van der Waals surface area contributed by atoms with E-state index >= 15 is 0 Å². The molecule has 0 aliphatic carbocycles. The number of carbonyl (C=O) groups excluding carboxylic acids is 1. The normalized spacial score (nSPS) is 17.8. The number of amides is 1. The molecule has 0 radical (unpaired) electrons. The van der Waals surface area contributed by atoms with Gasteiger partial charge in [-0.15, -0.1) is 0 Å². The van der Waals surface area contributed by atoms with E-state index in [2.05, 4.69) is 4.98 Å². The zero-order valence-electron chi connectivity index (χ0n) is 16.1. The third-order valence-electron chi connectivity index (χ3n) is 4.92. The second-order valence-corrected chi connectivity index (χ2v) is 8.25. The summed E-state index contributed by atoms with van der Waals surface area (Å²) in [4.78, 5) is 16.6. The molecule has 1 aliphatic heterocycles. The number of carbonyl (C=O) groups is 1. The van der Waals surface area contributed by atoms with Crippen LogP contribution < -0.4 is 14.5 Å². The highest BCUT2D eigenvalue weighted by Gasteiger charge is 2.33. The Bertz CT molecular complexity index is 1040. The van der Waals surface area contributed by atoms with Crippen LogP contribution in [0.4, 0.5) is 5.69 Å². The van der Waals surface area contributed by atoms with Gasteiger partial charge >= 0.3 is 0 Å². The van der Waals surface area contributed by atoms with Gasteiger partial charge in [-0.25, -0.2) is 9.69 Å². The van der Waals surface area contributed by atoms with Crippen LogP contribution in [0.3, 0.4) is 0 Å². The zero-order chi connectivity index (χ0) is 20.9. The number of hydrogen-bond acceptors (Lipinski definition) is 5. The Balaban J connectivity index is 1.56. The molecule has 3 aromatic rings. The van der Waals surface area contributed by atoms with Crippen LogP contribution in [0.1, 0.15) is 17.5 Å². The van der Waals surface area contributed by atoms with Crippen molar-refractivity contribution in [1.82, 2.24) is 10.5 Å². The van der Waals surface area contributed by atoms with E-state index in [0.717, 1.165) is 21.7 Å². The van der Waals surface area contributed by atoms with Crippen LogP contribution in [0, 0.1) is 0 Å². The molecule has 1 aromatic heterocycles. The number of ether oxygens (including phenoxy) is 1. The van der Waals surface area contributed by atoms with Crippen LogP contribution in [0.25, 0.3) is 0 Å². The van der Waals surface area contributed by atoms with Gasteiger partial charge in [-0.2, -0.15) is 0 Å². The molecule has 0 saturated heterocycles. The van der Waals surface area contributed by atoms with Crippen LogP contribution in [0.15, 0.2) is 78.0 Å². The lowest BCUT2D eigenvalue weighted by Crippen LogP contribution is -2.45. The summed E-state index contributed by atoms with van der Waals surface area (Å²) in [6.45, 7) is 0.421. The molecule has 2 aromatic carbocycles. The van der Waals surface area contributed by atoms with Crippen LogP contribution in [0.2, 0.25) is 0 Å². The average molecular weight is 423 g/mol. The van der Waals surface area contributed by atoms with Gasteiger partial charge in [-0.1, -0.05) is 18.2 Å². The molecule has 0 saturated carbocycles. The summed E-state index contributed by atoms with van der Waals surface area (Å²) in [6.07, 6.45) is 4.01. The van der Waals surface area contributed by atoms with E-state index in [1.807, 2.05) is 60.7 Å². The lowest BCUT2D eigenvalue weighted by molar-refractivity contribution is -0.129. The molecule has 7 nitrogen and oxygen atoms in total. The second kappa shape index (κ2) is 9.06. The topological polar surface area (TPSA) is 91.8 Å². The van der Waals surface area contributed by atoms with Crippen molar-refractivity contribution in [2.75, 3.05) is 4.31 Å². The predicted molar refractivity (Wildman–Crippen MR) is 112 cm³/mol. The number of hydroxylamine groups is 1. The van der Waals surface area contributed by atoms with Crippen molar-refractivity contribution in [3.63, 3.8) is 0 Å². The molecule has 2 atom stereocenters. The molecule has 4 rings (SSSR count). The number of anilines is 1. The first-order valence-corrected chi connectivity index (χ1v) is 10.6. The van der Waals surface area contributed by atoms with E-state index in [9.17, 15) is 9.00 Å². The number of fused-ring (bicyclic) bond motifs is 1. The number of aromatic nitrogens is 1. The quantitative estimate of drug-likeness (QED) is 0.470.